The van der Waals surface area contributed by atoms with Crippen LogP contribution in [0.3, 0.4) is 0 Å². The minimum Gasteiger partial charge on any atom is -0.484 e. The zero-order chi connectivity index (χ0) is 24.2. The van der Waals surface area contributed by atoms with Crippen LogP contribution in [-0.4, -0.2) is 42.0 Å². The number of thioether (sulfide) groups is 1. The van der Waals surface area contributed by atoms with Gasteiger partial charge in [0.05, 0.1) is 23.8 Å². The molecule has 1 heterocycles. The molecule has 0 spiro atoms. The Kier molecular flexibility index (Phi) is 11.0. The molecule has 0 saturated heterocycles. The van der Waals surface area contributed by atoms with Gasteiger partial charge in [0.2, 0.25) is 5.91 Å². The van der Waals surface area contributed by atoms with Crippen LogP contribution < -0.4 is 15.4 Å². The molecule has 2 amide bonds. The fourth-order valence-corrected chi connectivity index (χ4v) is 4.06. The Labute approximate surface area is 200 Å². The number of Topliss-reactive ketones (excluding diaryl/α,β-unsaturated/α-hetero) is 1. The first-order valence-electron chi connectivity index (χ1n) is 11.2. The van der Waals surface area contributed by atoms with E-state index in [2.05, 4.69) is 10.6 Å². The van der Waals surface area contributed by atoms with E-state index in [1.54, 1.807) is 18.4 Å². The van der Waals surface area contributed by atoms with Crippen LogP contribution in [0.5, 0.6) is 5.75 Å². The van der Waals surface area contributed by atoms with Gasteiger partial charge >= 0.3 is 0 Å². The van der Waals surface area contributed by atoms with Crippen LogP contribution in [0.15, 0.2) is 53.1 Å². The van der Waals surface area contributed by atoms with Crippen molar-refractivity contribution in [1.29, 1.82) is 0 Å². The predicted octanol–water partition coefficient (Wildman–Crippen LogP) is 3.83. The number of benzene rings is 1. The maximum Gasteiger partial charge on any atom is 0.258 e. The first-order valence-corrected chi connectivity index (χ1v) is 12.3. The van der Waals surface area contributed by atoms with E-state index in [4.69, 9.17) is 9.15 Å². The lowest BCUT2D eigenvalue weighted by Gasteiger charge is -2.26. The molecule has 0 saturated carbocycles. The van der Waals surface area contributed by atoms with Gasteiger partial charge in [-0.25, -0.2) is 0 Å². The van der Waals surface area contributed by atoms with Crippen molar-refractivity contribution in [2.24, 2.45) is 11.8 Å². The zero-order valence-electron chi connectivity index (χ0n) is 19.7. The Hall–Kier alpha value is -2.74. The van der Waals surface area contributed by atoms with Crippen LogP contribution >= 0.6 is 11.8 Å². The molecule has 2 unspecified atom stereocenters. The highest BCUT2D eigenvalue weighted by molar-refractivity contribution is 7.99. The van der Waals surface area contributed by atoms with Crippen molar-refractivity contribution < 1.29 is 23.5 Å². The first kappa shape index (κ1) is 26.5. The maximum absolute atomic E-state index is 13.0. The molecule has 2 aromatic rings. The molecule has 0 radical (unpaired) electrons. The molecule has 0 bridgehead atoms. The minimum atomic E-state index is -0.748. The molecule has 0 fully saturated rings. The van der Waals surface area contributed by atoms with Crippen LogP contribution in [0.2, 0.25) is 0 Å². The summed E-state index contributed by atoms with van der Waals surface area (Å²) in [5.41, 5.74) is 0. The quantitative estimate of drug-likeness (QED) is 0.432. The second-order valence-corrected chi connectivity index (χ2v) is 9.61. The number of ketones is 1. The van der Waals surface area contributed by atoms with E-state index in [0.29, 0.717) is 17.9 Å². The van der Waals surface area contributed by atoms with Crippen molar-refractivity contribution in [2.45, 2.75) is 52.0 Å². The molecule has 2 N–H and O–H groups in total. The fraction of sp³-hybridized carbons (Fsp3) is 0.480. The largest absolute Gasteiger partial charge is 0.484 e. The monoisotopic (exact) mass is 474 g/mol. The third kappa shape index (κ3) is 9.74. The Morgan fingerprint density at radius 3 is 2.33 bits per heavy atom. The van der Waals surface area contributed by atoms with Crippen molar-refractivity contribution in [3.63, 3.8) is 0 Å². The van der Waals surface area contributed by atoms with Gasteiger partial charge in [-0.3, -0.25) is 14.4 Å². The summed E-state index contributed by atoms with van der Waals surface area (Å²) in [6.45, 7) is 7.54. The van der Waals surface area contributed by atoms with Gasteiger partial charge in [0.1, 0.15) is 17.6 Å². The first-order chi connectivity index (χ1) is 15.8. The molecular formula is C25H34N2O5S. The fourth-order valence-electron chi connectivity index (χ4n) is 3.21. The summed E-state index contributed by atoms with van der Waals surface area (Å²) in [7, 11) is 0. The second kappa shape index (κ2) is 13.7. The molecule has 0 aliphatic rings. The number of para-hydroxylation sites is 1. The van der Waals surface area contributed by atoms with Crippen molar-refractivity contribution in [1.82, 2.24) is 10.6 Å². The number of hydrogen-bond acceptors (Lipinski definition) is 6. The predicted molar refractivity (Wildman–Crippen MR) is 130 cm³/mol. The Bertz CT molecular complexity index is 868. The SMILES string of the molecule is CC(C)CC(NC(=O)COc1ccccc1)C(=O)NC(C(=O)CSCc1ccco1)C(C)C. The summed E-state index contributed by atoms with van der Waals surface area (Å²) in [5.74, 6) is 1.51. The van der Waals surface area contributed by atoms with Gasteiger partial charge < -0.3 is 19.8 Å². The van der Waals surface area contributed by atoms with E-state index in [-0.39, 0.29) is 41.8 Å². The summed E-state index contributed by atoms with van der Waals surface area (Å²) < 4.78 is 10.8. The molecule has 8 heteroatoms. The number of rotatable bonds is 14. The molecule has 0 aliphatic heterocycles. The lowest BCUT2D eigenvalue weighted by atomic mass is 9.98. The average Bonchev–Trinajstić information content (AvgIpc) is 3.29. The van der Waals surface area contributed by atoms with Crippen LogP contribution in [0.25, 0.3) is 0 Å². The molecular weight excluding hydrogens is 440 g/mol. The van der Waals surface area contributed by atoms with Gasteiger partial charge in [-0.2, -0.15) is 0 Å². The normalized spacial score (nSPS) is 12.9. The van der Waals surface area contributed by atoms with Gasteiger partial charge in [0.25, 0.3) is 5.91 Å². The Morgan fingerprint density at radius 1 is 1.00 bits per heavy atom. The van der Waals surface area contributed by atoms with Crippen molar-refractivity contribution >= 4 is 29.4 Å². The van der Waals surface area contributed by atoms with E-state index in [0.717, 1.165) is 5.76 Å². The topological polar surface area (TPSA) is 97.6 Å². The number of ether oxygens (including phenoxy) is 1. The van der Waals surface area contributed by atoms with Crippen molar-refractivity contribution in [2.75, 3.05) is 12.4 Å². The van der Waals surface area contributed by atoms with Gasteiger partial charge in [0, 0.05) is 0 Å². The zero-order valence-corrected chi connectivity index (χ0v) is 20.5. The highest BCUT2D eigenvalue weighted by Gasteiger charge is 2.29. The molecule has 7 nitrogen and oxygen atoms in total. The minimum absolute atomic E-state index is 0.0584. The molecule has 180 valence electrons. The smallest absolute Gasteiger partial charge is 0.258 e. The Morgan fingerprint density at radius 2 is 1.73 bits per heavy atom. The lowest BCUT2D eigenvalue weighted by Crippen LogP contribution is -2.54. The highest BCUT2D eigenvalue weighted by atomic mass is 32.2. The van der Waals surface area contributed by atoms with Crippen LogP contribution in [0.1, 0.15) is 39.9 Å². The Balaban J connectivity index is 1.92. The van der Waals surface area contributed by atoms with Gasteiger partial charge in [-0.05, 0) is 42.5 Å². The molecule has 2 rings (SSSR count). The summed E-state index contributed by atoms with van der Waals surface area (Å²) in [4.78, 5) is 38.3. The molecule has 1 aromatic heterocycles. The summed E-state index contributed by atoms with van der Waals surface area (Å²) in [6.07, 6.45) is 2.05. The molecule has 33 heavy (non-hydrogen) atoms. The maximum atomic E-state index is 13.0. The van der Waals surface area contributed by atoms with Gasteiger partial charge in [0.15, 0.2) is 12.4 Å². The number of furan rings is 1. The second-order valence-electron chi connectivity index (χ2n) is 8.62. The number of carbonyl (C=O) groups excluding carboxylic acids is 3. The third-order valence-corrected chi connectivity index (χ3v) is 5.83. The van der Waals surface area contributed by atoms with E-state index < -0.39 is 12.1 Å². The number of nitrogens with one attached hydrogen (secondary N) is 2. The van der Waals surface area contributed by atoms with Crippen LogP contribution in [0, 0.1) is 11.8 Å². The average molecular weight is 475 g/mol. The van der Waals surface area contributed by atoms with E-state index in [9.17, 15) is 14.4 Å². The summed E-state index contributed by atoms with van der Waals surface area (Å²) in [5, 5.41) is 5.62. The van der Waals surface area contributed by atoms with Gasteiger partial charge in [-0.15, -0.1) is 11.8 Å². The van der Waals surface area contributed by atoms with Crippen LogP contribution in [-0.2, 0) is 20.1 Å². The lowest BCUT2D eigenvalue weighted by molar-refractivity contribution is -0.132. The molecule has 1 aromatic carbocycles. The number of hydrogen-bond donors (Lipinski definition) is 2. The van der Waals surface area contributed by atoms with E-state index in [1.165, 1.54) is 11.8 Å². The van der Waals surface area contributed by atoms with E-state index in [1.807, 2.05) is 58.0 Å². The highest BCUT2D eigenvalue weighted by Crippen LogP contribution is 2.15. The molecule has 0 aliphatic carbocycles. The number of amides is 2. The van der Waals surface area contributed by atoms with Crippen molar-refractivity contribution in [3.05, 3.63) is 54.5 Å². The molecule has 2 atom stereocenters. The van der Waals surface area contributed by atoms with E-state index >= 15 is 0 Å². The summed E-state index contributed by atoms with van der Waals surface area (Å²) >= 11 is 1.45. The summed E-state index contributed by atoms with van der Waals surface area (Å²) in [6, 6.07) is 11.3. The third-order valence-electron chi connectivity index (χ3n) is 4.85. The van der Waals surface area contributed by atoms with Gasteiger partial charge in [-0.1, -0.05) is 45.9 Å². The standard InChI is InChI=1S/C25H34N2O5S/c1-17(2)13-21(26-23(29)14-32-19-9-6-5-7-10-19)25(30)27-24(18(3)4)22(28)16-33-15-20-11-8-12-31-20/h5-12,17-18,21,24H,13-16H2,1-4H3,(H,26,29)(H,27,30). The number of carbonyl (C=O) groups is 3. The van der Waals surface area contributed by atoms with Crippen LogP contribution in [0.4, 0.5) is 0 Å². The van der Waals surface area contributed by atoms with Crippen molar-refractivity contribution in [3.8, 4) is 5.75 Å².